The van der Waals surface area contributed by atoms with Crippen LogP contribution >= 0.6 is 11.5 Å². The molecule has 2 aromatic rings. The second kappa shape index (κ2) is 4.24. The summed E-state index contributed by atoms with van der Waals surface area (Å²) in [6.07, 6.45) is 1.30. The van der Waals surface area contributed by atoms with Crippen LogP contribution in [-0.4, -0.2) is 10.3 Å². The molecule has 0 aromatic carbocycles. The molecule has 3 heterocycles. The molecule has 0 spiro atoms. The minimum Gasteiger partial charge on any atom is -0.465 e. The number of nitrogens with one attached hydrogen (secondary N) is 1. The molecule has 3 rings (SSSR count). The number of hydrogen-bond acceptors (Lipinski definition) is 4. The summed E-state index contributed by atoms with van der Waals surface area (Å²) in [5.74, 6) is 1.86. The van der Waals surface area contributed by atoms with Gasteiger partial charge >= 0.3 is 0 Å². The van der Waals surface area contributed by atoms with E-state index in [4.69, 9.17) is 4.42 Å². The van der Waals surface area contributed by atoms with E-state index in [9.17, 15) is 4.79 Å². The number of carbonyl (C=O) groups is 1. The number of aryl methyl sites for hydroxylation is 2. The monoisotopic (exact) mass is 262 g/mol. The molecule has 0 saturated heterocycles. The molecule has 2 aromatic heterocycles. The predicted octanol–water partition coefficient (Wildman–Crippen LogP) is 3.08. The maximum absolute atomic E-state index is 11.7. The molecular weight excluding hydrogens is 248 g/mol. The molecule has 1 atom stereocenters. The number of nitrogens with zero attached hydrogens (tertiary/aromatic N) is 1. The smallest absolute Gasteiger partial charge is 0.226 e. The van der Waals surface area contributed by atoms with Crippen molar-refractivity contribution in [1.82, 2.24) is 4.37 Å². The quantitative estimate of drug-likeness (QED) is 0.904. The van der Waals surface area contributed by atoms with Crippen molar-refractivity contribution in [2.24, 2.45) is 0 Å². The third-order valence-electron chi connectivity index (χ3n) is 3.27. The zero-order valence-corrected chi connectivity index (χ0v) is 11.1. The number of amides is 1. The number of rotatable bonds is 2. The topological polar surface area (TPSA) is 55.1 Å². The normalized spacial score (nSPS) is 18.6. The highest BCUT2D eigenvalue weighted by Gasteiger charge is 2.32. The highest BCUT2D eigenvalue weighted by atomic mass is 32.1. The van der Waals surface area contributed by atoms with Crippen molar-refractivity contribution in [3.8, 4) is 0 Å². The third-order valence-corrected chi connectivity index (χ3v) is 4.14. The Kier molecular flexibility index (Phi) is 2.70. The fourth-order valence-corrected chi connectivity index (χ4v) is 3.23. The van der Waals surface area contributed by atoms with Gasteiger partial charge < -0.3 is 9.73 Å². The summed E-state index contributed by atoms with van der Waals surface area (Å²) < 4.78 is 10.1. The molecule has 0 unspecified atom stereocenters. The van der Waals surface area contributed by atoms with Crippen LogP contribution in [0.1, 0.15) is 42.0 Å². The van der Waals surface area contributed by atoms with Gasteiger partial charge in [-0.05, 0) is 30.6 Å². The zero-order chi connectivity index (χ0) is 12.7. The first kappa shape index (κ1) is 11.5. The van der Waals surface area contributed by atoms with Gasteiger partial charge in [0, 0.05) is 18.4 Å². The van der Waals surface area contributed by atoms with Gasteiger partial charge in [-0.15, -0.1) is 0 Å². The largest absolute Gasteiger partial charge is 0.465 e. The van der Waals surface area contributed by atoms with Gasteiger partial charge in [-0.3, -0.25) is 4.79 Å². The lowest BCUT2D eigenvalue weighted by molar-refractivity contribution is -0.116. The summed E-state index contributed by atoms with van der Waals surface area (Å²) in [4.78, 5) is 11.7. The van der Waals surface area contributed by atoms with Crippen LogP contribution < -0.4 is 5.32 Å². The Balaban J connectivity index is 2.06. The fraction of sp³-hybridized carbons (Fsp3) is 0.385. The summed E-state index contributed by atoms with van der Waals surface area (Å²) in [6.45, 7) is 4.03. The molecule has 4 nitrogen and oxygen atoms in total. The van der Waals surface area contributed by atoms with E-state index in [1.54, 1.807) is 0 Å². The first-order chi connectivity index (χ1) is 8.69. The van der Waals surface area contributed by atoms with Crippen molar-refractivity contribution >= 4 is 22.4 Å². The van der Waals surface area contributed by atoms with Gasteiger partial charge in [0.15, 0.2) is 0 Å². The average Bonchev–Trinajstić information content (AvgIpc) is 2.96. The van der Waals surface area contributed by atoms with Crippen LogP contribution in [0.25, 0.3) is 0 Å². The number of furan rings is 1. The van der Waals surface area contributed by atoms with Crippen LogP contribution in [0.3, 0.4) is 0 Å². The molecule has 5 heteroatoms. The molecule has 0 radical (unpaired) electrons. The highest BCUT2D eigenvalue weighted by molar-refractivity contribution is 7.10. The highest BCUT2D eigenvalue weighted by Crippen LogP contribution is 2.41. The zero-order valence-electron chi connectivity index (χ0n) is 10.3. The Hall–Kier alpha value is -1.62. The fourth-order valence-electron chi connectivity index (χ4n) is 2.36. The van der Waals surface area contributed by atoms with Crippen molar-refractivity contribution in [3.63, 3.8) is 0 Å². The van der Waals surface area contributed by atoms with Gasteiger partial charge in [0.25, 0.3) is 0 Å². The number of aromatic nitrogens is 1. The SMILES string of the molecule is CCc1ccc([C@H]2CC(=O)Nc3snc(C)c32)o1. The Morgan fingerprint density at radius 2 is 2.39 bits per heavy atom. The number of anilines is 1. The Morgan fingerprint density at radius 3 is 3.11 bits per heavy atom. The van der Waals surface area contributed by atoms with E-state index in [0.29, 0.717) is 6.42 Å². The standard InChI is InChI=1S/C13H14N2O2S/c1-3-8-4-5-10(17-8)9-6-11(16)14-13-12(9)7(2)15-18-13/h4-5,9H,3,6H2,1-2H3,(H,14,16)/t9-/m1/s1. The Bertz CT molecular complexity index is 600. The van der Waals surface area contributed by atoms with Gasteiger partial charge in [0.2, 0.25) is 5.91 Å². The molecule has 94 valence electrons. The first-order valence-electron chi connectivity index (χ1n) is 6.03. The van der Waals surface area contributed by atoms with Crippen molar-refractivity contribution in [3.05, 3.63) is 34.9 Å². The van der Waals surface area contributed by atoms with Crippen LogP contribution in [0, 0.1) is 6.92 Å². The van der Waals surface area contributed by atoms with Gasteiger partial charge in [0.1, 0.15) is 16.5 Å². The summed E-state index contributed by atoms with van der Waals surface area (Å²) in [6, 6.07) is 3.96. The number of carbonyl (C=O) groups excluding carboxylic acids is 1. The molecular formula is C13H14N2O2S. The van der Waals surface area contributed by atoms with E-state index in [-0.39, 0.29) is 11.8 Å². The van der Waals surface area contributed by atoms with Crippen LogP contribution in [0.5, 0.6) is 0 Å². The minimum absolute atomic E-state index is 0.00722. The van der Waals surface area contributed by atoms with Gasteiger partial charge in [-0.2, -0.15) is 4.37 Å². The average molecular weight is 262 g/mol. The van der Waals surface area contributed by atoms with Crippen molar-refractivity contribution in [2.75, 3.05) is 5.32 Å². The van der Waals surface area contributed by atoms with Crippen LogP contribution in [0.2, 0.25) is 0 Å². The van der Waals surface area contributed by atoms with Crippen molar-refractivity contribution < 1.29 is 9.21 Å². The first-order valence-corrected chi connectivity index (χ1v) is 6.81. The molecule has 1 aliphatic heterocycles. The Morgan fingerprint density at radius 1 is 1.56 bits per heavy atom. The lowest BCUT2D eigenvalue weighted by atomic mass is 9.90. The van der Waals surface area contributed by atoms with E-state index < -0.39 is 0 Å². The summed E-state index contributed by atoms with van der Waals surface area (Å²) >= 11 is 1.34. The van der Waals surface area contributed by atoms with E-state index in [1.165, 1.54) is 11.5 Å². The molecule has 0 bridgehead atoms. The van der Waals surface area contributed by atoms with Crippen molar-refractivity contribution in [1.29, 1.82) is 0 Å². The van der Waals surface area contributed by atoms with Crippen LogP contribution in [-0.2, 0) is 11.2 Å². The molecule has 0 aliphatic carbocycles. The number of fused-ring (bicyclic) bond motifs is 1. The summed E-state index contributed by atoms with van der Waals surface area (Å²) in [7, 11) is 0. The summed E-state index contributed by atoms with van der Waals surface area (Å²) in [5, 5.41) is 3.74. The molecule has 1 N–H and O–H groups in total. The van der Waals surface area contributed by atoms with Gasteiger partial charge in [0.05, 0.1) is 11.6 Å². The van der Waals surface area contributed by atoms with Gasteiger partial charge in [-0.1, -0.05) is 6.92 Å². The lowest BCUT2D eigenvalue weighted by Crippen LogP contribution is -2.22. The molecule has 1 amide bonds. The maximum Gasteiger partial charge on any atom is 0.226 e. The lowest BCUT2D eigenvalue weighted by Gasteiger charge is -2.21. The third kappa shape index (κ3) is 1.75. The summed E-state index contributed by atoms with van der Waals surface area (Å²) in [5.41, 5.74) is 2.09. The van der Waals surface area contributed by atoms with Crippen LogP contribution in [0.15, 0.2) is 16.5 Å². The van der Waals surface area contributed by atoms with Crippen LogP contribution in [0.4, 0.5) is 5.00 Å². The molecule has 0 fully saturated rings. The molecule has 1 aliphatic rings. The van der Waals surface area contributed by atoms with E-state index >= 15 is 0 Å². The minimum atomic E-state index is 0.00722. The maximum atomic E-state index is 11.7. The molecule has 0 saturated carbocycles. The number of hydrogen-bond donors (Lipinski definition) is 1. The van der Waals surface area contributed by atoms with E-state index in [0.717, 1.165) is 34.2 Å². The Labute approximate surface area is 109 Å². The predicted molar refractivity (Wildman–Crippen MR) is 70.0 cm³/mol. The molecule has 18 heavy (non-hydrogen) atoms. The van der Waals surface area contributed by atoms with Crippen molar-refractivity contribution in [2.45, 2.75) is 32.6 Å². The van der Waals surface area contributed by atoms with Gasteiger partial charge in [-0.25, -0.2) is 0 Å². The van der Waals surface area contributed by atoms with E-state index in [2.05, 4.69) is 16.6 Å². The van der Waals surface area contributed by atoms with E-state index in [1.807, 2.05) is 19.1 Å². The second-order valence-electron chi connectivity index (χ2n) is 4.47. The second-order valence-corrected chi connectivity index (χ2v) is 5.25.